The number of ether oxygens (including phenoxy) is 1. The van der Waals surface area contributed by atoms with E-state index in [0.717, 1.165) is 0 Å². The van der Waals surface area contributed by atoms with Gasteiger partial charge in [-0.25, -0.2) is 0 Å². The van der Waals surface area contributed by atoms with Crippen molar-refractivity contribution in [1.82, 2.24) is 10.6 Å². The van der Waals surface area contributed by atoms with Crippen LogP contribution in [0.2, 0.25) is 5.02 Å². The van der Waals surface area contributed by atoms with Crippen LogP contribution in [0.5, 0.6) is 5.75 Å². The fourth-order valence-electron chi connectivity index (χ4n) is 3.22. The van der Waals surface area contributed by atoms with Crippen molar-refractivity contribution >= 4 is 35.0 Å². The van der Waals surface area contributed by atoms with E-state index in [0.29, 0.717) is 22.0 Å². The molecule has 2 N–H and O–H groups in total. The molecule has 0 bridgehead atoms. The summed E-state index contributed by atoms with van der Waals surface area (Å²) in [6.07, 6.45) is 0.135. The van der Waals surface area contributed by atoms with Gasteiger partial charge in [-0.05, 0) is 24.3 Å². The second-order valence-electron chi connectivity index (χ2n) is 6.60. The number of amides is 3. The molecule has 29 heavy (non-hydrogen) atoms. The molecular formula is C21H22ClN3O4. The van der Waals surface area contributed by atoms with E-state index in [-0.39, 0.29) is 43.8 Å². The highest BCUT2D eigenvalue weighted by Crippen LogP contribution is 2.32. The lowest BCUT2D eigenvalue weighted by atomic mass is 10.1. The van der Waals surface area contributed by atoms with Gasteiger partial charge in [0.05, 0.1) is 29.3 Å². The number of halogens is 1. The van der Waals surface area contributed by atoms with Crippen molar-refractivity contribution in [3.8, 4) is 5.75 Å². The van der Waals surface area contributed by atoms with Crippen molar-refractivity contribution in [2.24, 2.45) is 5.92 Å². The largest absolute Gasteiger partial charge is 0.495 e. The maximum Gasteiger partial charge on any atom is 0.252 e. The Bertz CT molecular complexity index is 918. The molecule has 8 heteroatoms. The Morgan fingerprint density at radius 2 is 1.79 bits per heavy atom. The molecule has 0 aromatic heterocycles. The lowest BCUT2D eigenvalue weighted by molar-refractivity contribution is -0.126. The fourth-order valence-corrected chi connectivity index (χ4v) is 3.44. The number of carbonyl (C=O) groups excluding carboxylic acids is 3. The monoisotopic (exact) mass is 415 g/mol. The minimum absolute atomic E-state index is 0.123. The van der Waals surface area contributed by atoms with Gasteiger partial charge in [0.2, 0.25) is 11.8 Å². The Kier molecular flexibility index (Phi) is 6.72. The summed E-state index contributed by atoms with van der Waals surface area (Å²) in [6, 6.07) is 14.0. The van der Waals surface area contributed by atoms with Gasteiger partial charge in [0.1, 0.15) is 5.75 Å². The van der Waals surface area contributed by atoms with Crippen LogP contribution in [0.15, 0.2) is 48.5 Å². The topological polar surface area (TPSA) is 87.7 Å². The standard InChI is InChI=1S/C21H22ClN3O4/c1-29-18-9-5-4-8-17(18)25-13-14(12-19(25)26)20(27)23-10-11-24-21(28)15-6-2-3-7-16(15)22/h2-9,14H,10-13H2,1H3,(H,23,27)(H,24,28)/t14-/m0/s1. The molecule has 0 unspecified atom stereocenters. The molecule has 1 fully saturated rings. The molecular weight excluding hydrogens is 394 g/mol. The Morgan fingerprint density at radius 3 is 2.55 bits per heavy atom. The number of hydrogen-bond acceptors (Lipinski definition) is 4. The third kappa shape index (κ3) is 4.86. The quantitative estimate of drug-likeness (QED) is 0.679. The number of anilines is 1. The maximum atomic E-state index is 12.4. The van der Waals surface area contributed by atoms with Crippen LogP contribution in [0.1, 0.15) is 16.8 Å². The van der Waals surface area contributed by atoms with Gasteiger partial charge in [-0.1, -0.05) is 35.9 Å². The maximum absolute atomic E-state index is 12.4. The first kappa shape index (κ1) is 20.7. The third-order valence-electron chi connectivity index (χ3n) is 4.70. The molecule has 0 spiro atoms. The van der Waals surface area contributed by atoms with Crippen molar-refractivity contribution in [3.05, 3.63) is 59.1 Å². The first-order chi connectivity index (χ1) is 14.0. The molecule has 2 aromatic rings. The number of hydrogen-bond donors (Lipinski definition) is 2. The summed E-state index contributed by atoms with van der Waals surface area (Å²) in [6.45, 7) is 0.804. The average molecular weight is 416 g/mol. The van der Waals surface area contributed by atoms with E-state index in [1.807, 2.05) is 12.1 Å². The molecule has 0 saturated carbocycles. The first-order valence-corrected chi connectivity index (χ1v) is 9.63. The number of benzene rings is 2. The van der Waals surface area contributed by atoms with Crippen molar-refractivity contribution in [1.29, 1.82) is 0 Å². The normalized spacial score (nSPS) is 15.9. The SMILES string of the molecule is COc1ccccc1N1C[C@@H](C(=O)NCCNC(=O)c2ccccc2Cl)CC1=O. The lowest BCUT2D eigenvalue weighted by Gasteiger charge is -2.19. The van der Waals surface area contributed by atoms with Gasteiger partial charge in [0, 0.05) is 26.1 Å². The molecule has 0 radical (unpaired) electrons. The van der Waals surface area contributed by atoms with Crippen LogP contribution in [-0.2, 0) is 9.59 Å². The van der Waals surface area contributed by atoms with Crippen molar-refractivity contribution < 1.29 is 19.1 Å². The van der Waals surface area contributed by atoms with Crippen LogP contribution in [0.3, 0.4) is 0 Å². The van der Waals surface area contributed by atoms with Gasteiger partial charge in [-0.15, -0.1) is 0 Å². The van der Waals surface area contributed by atoms with Crippen LogP contribution in [0.25, 0.3) is 0 Å². The number of nitrogens with zero attached hydrogens (tertiary/aromatic N) is 1. The van der Waals surface area contributed by atoms with E-state index in [9.17, 15) is 14.4 Å². The number of methoxy groups -OCH3 is 1. The fraction of sp³-hybridized carbons (Fsp3) is 0.286. The molecule has 152 valence electrons. The van der Waals surface area contributed by atoms with Gasteiger partial charge < -0.3 is 20.3 Å². The number of nitrogens with one attached hydrogen (secondary N) is 2. The number of para-hydroxylation sites is 2. The Hall–Kier alpha value is -3.06. The Balaban J connectivity index is 1.49. The van der Waals surface area contributed by atoms with E-state index in [2.05, 4.69) is 10.6 Å². The van der Waals surface area contributed by atoms with Crippen LogP contribution in [-0.4, -0.2) is 44.5 Å². The van der Waals surface area contributed by atoms with Crippen molar-refractivity contribution in [2.45, 2.75) is 6.42 Å². The van der Waals surface area contributed by atoms with E-state index >= 15 is 0 Å². The minimum atomic E-state index is -0.452. The van der Waals surface area contributed by atoms with Gasteiger partial charge in [0.25, 0.3) is 5.91 Å². The molecule has 3 amide bonds. The van der Waals surface area contributed by atoms with Crippen LogP contribution in [0, 0.1) is 5.92 Å². The number of carbonyl (C=O) groups is 3. The highest BCUT2D eigenvalue weighted by Gasteiger charge is 2.36. The van der Waals surface area contributed by atoms with Gasteiger partial charge in [-0.3, -0.25) is 14.4 Å². The average Bonchev–Trinajstić information content (AvgIpc) is 3.12. The minimum Gasteiger partial charge on any atom is -0.495 e. The van der Waals surface area contributed by atoms with Gasteiger partial charge in [-0.2, -0.15) is 0 Å². The zero-order chi connectivity index (χ0) is 20.8. The smallest absolute Gasteiger partial charge is 0.252 e. The lowest BCUT2D eigenvalue weighted by Crippen LogP contribution is -2.38. The van der Waals surface area contributed by atoms with E-state index in [1.165, 1.54) is 0 Å². The zero-order valence-electron chi connectivity index (χ0n) is 16.0. The Labute approximate surface area is 174 Å². The summed E-state index contributed by atoms with van der Waals surface area (Å²) in [5, 5.41) is 5.85. The summed E-state index contributed by atoms with van der Waals surface area (Å²) in [5.41, 5.74) is 1.04. The molecule has 1 atom stereocenters. The summed E-state index contributed by atoms with van der Waals surface area (Å²) in [4.78, 5) is 38.5. The highest BCUT2D eigenvalue weighted by atomic mass is 35.5. The summed E-state index contributed by atoms with van der Waals surface area (Å²) < 4.78 is 5.30. The molecule has 3 rings (SSSR count). The molecule has 1 aliphatic heterocycles. The van der Waals surface area contributed by atoms with Crippen molar-refractivity contribution in [2.75, 3.05) is 31.6 Å². The molecule has 1 aliphatic rings. The molecule has 2 aromatic carbocycles. The number of rotatable bonds is 7. The zero-order valence-corrected chi connectivity index (χ0v) is 16.7. The molecule has 7 nitrogen and oxygen atoms in total. The van der Waals surface area contributed by atoms with E-state index in [4.69, 9.17) is 16.3 Å². The predicted molar refractivity (Wildman–Crippen MR) is 110 cm³/mol. The summed E-state index contributed by atoms with van der Waals surface area (Å²) in [7, 11) is 1.54. The predicted octanol–water partition coefficient (Wildman–Crippen LogP) is 2.25. The second kappa shape index (κ2) is 9.43. The van der Waals surface area contributed by atoms with E-state index < -0.39 is 5.92 Å². The Morgan fingerprint density at radius 1 is 1.10 bits per heavy atom. The van der Waals surface area contributed by atoms with Gasteiger partial charge in [0.15, 0.2) is 0 Å². The van der Waals surface area contributed by atoms with Crippen LogP contribution >= 0.6 is 11.6 Å². The second-order valence-corrected chi connectivity index (χ2v) is 7.01. The molecule has 1 heterocycles. The summed E-state index contributed by atoms with van der Waals surface area (Å²) in [5.74, 6) is -0.511. The highest BCUT2D eigenvalue weighted by molar-refractivity contribution is 6.33. The third-order valence-corrected chi connectivity index (χ3v) is 5.03. The molecule has 0 aliphatic carbocycles. The van der Waals surface area contributed by atoms with Crippen LogP contribution < -0.4 is 20.3 Å². The van der Waals surface area contributed by atoms with Crippen LogP contribution in [0.4, 0.5) is 5.69 Å². The molecule has 1 saturated heterocycles. The first-order valence-electron chi connectivity index (χ1n) is 9.25. The van der Waals surface area contributed by atoms with Crippen molar-refractivity contribution in [3.63, 3.8) is 0 Å². The van der Waals surface area contributed by atoms with E-state index in [1.54, 1.807) is 48.4 Å². The summed E-state index contributed by atoms with van der Waals surface area (Å²) >= 11 is 5.99. The van der Waals surface area contributed by atoms with Gasteiger partial charge >= 0.3 is 0 Å².